The minimum absolute atomic E-state index is 0.697. The van der Waals surface area contributed by atoms with Crippen molar-refractivity contribution in [2.24, 2.45) is 11.8 Å². The number of rotatable bonds is 10. The van der Waals surface area contributed by atoms with Crippen molar-refractivity contribution >= 4 is 15.9 Å². The van der Waals surface area contributed by atoms with Crippen molar-refractivity contribution in [1.82, 2.24) is 5.32 Å². The van der Waals surface area contributed by atoms with Crippen LogP contribution < -0.4 is 5.32 Å². The Morgan fingerprint density at radius 3 is 2.30 bits per heavy atom. The van der Waals surface area contributed by atoms with Gasteiger partial charge in [-0.3, -0.25) is 0 Å². The van der Waals surface area contributed by atoms with Crippen LogP contribution in [0.25, 0.3) is 0 Å². The number of ether oxygens (including phenoxy) is 1. The smallest absolute Gasteiger partial charge is 0.0587 e. The van der Waals surface area contributed by atoms with E-state index in [2.05, 4.69) is 59.4 Å². The van der Waals surface area contributed by atoms with Crippen LogP contribution in [-0.2, 0) is 11.2 Å². The first-order valence-electron chi connectivity index (χ1n) is 7.65. The molecule has 1 N–H and O–H groups in total. The Morgan fingerprint density at radius 1 is 1.10 bits per heavy atom. The van der Waals surface area contributed by atoms with Gasteiger partial charge in [0.15, 0.2) is 0 Å². The molecule has 1 aromatic rings. The van der Waals surface area contributed by atoms with Crippen molar-refractivity contribution in [1.29, 1.82) is 0 Å². The number of benzene rings is 1. The van der Waals surface area contributed by atoms with E-state index in [9.17, 15) is 0 Å². The maximum Gasteiger partial charge on any atom is 0.0587 e. The van der Waals surface area contributed by atoms with E-state index >= 15 is 0 Å². The molecule has 0 amide bonds. The van der Waals surface area contributed by atoms with E-state index in [0.717, 1.165) is 36.5 Å². The standard InChI is InChI=1S/C17H28BrNO/c1-4-15(5-2)16(13-19-10-11-20-3)12-14-6-8-17(18)9-7-14/h6-9,15-16,19H,4-5,10-13H2,1-3H3. The Hall–Kier alpha value is -0.380. The summed E-state index contributed by atoms with van der Waals surface area (Å²) in [5.41, 5.74) is 1.43. The molecular formula is C17H28BrNO. The minimum Gasteiger partial charge on any atom is -0.383 e. The van der Waals surface area contributed by atoms with Gasteiger partial charge < -0.3 is 10.1 Å². The largest absolute Gasteiger partial charge is 0.383 e. The molecule has 0 aliphatic rings. The molecule has 0 saturated heterocycles. The van der Waals surface area contributed by atoms with Gasteiger partial charge in [0.25, 0.3) is 0 Å². The van der Waals surface area contributed by atoms with E-state index in [1.54, 1.807) is 7.11 Å². The van der Waals surface area contributed by atoms with Gasteiger partial charge in [0.05, 0.1) is 6.61 Å². The summed E-state index contributed by atoms with van der Waals surface area (Å²) in [4.78, 5) is 0. The van der Waals surface area contributed by atoms with Crippen LogP contribution in [0.3, 0.4) is 0 Å². The zero-order valence-corrected chi connectivity index (χ0v) is 14.6. The fourth-order valence-corrected chi connectivity index (χ4v) is 3.01. The highest BCUT2D eigenvalue weighted by atomic mass is 79.9. The van der Waals surface area contributed by atoms with Gasteiger partial charge in [-0.15, -0.1) is 0 Å². The van der Waals surface area contributed by atoms with Crippen LogP contribution in [-0.4, -0.2) is 26.8 Å². The number of methoxy groups -OCH3 is 1. The molecule has 0 saturated carbocycles. The second-order valence-corrected chi connectivity index (χ2v) is 6.28. The van der Waals surface area contributed by atoms with Crippen LogP contribution in [0.15, 0.2) is 28.7 Å². The van der Waals surface area contributed by atoms with Crippen molar-refractivity contribution in [3.8, 4) is 0 Å². The fourth-order valence-electron chi connectivity index (χ4n) is 2.75. The predicted octanol–water partition coefficient (Wildman–Crippen LogP) is 4.28. The lowest BCUT2D eigenvalue weighted by Crippen LogP contribution is -2.31. The summed E-state index contributed by atoms with van der Waals surface area (Å²) in [5.74, 6) is 1.48. The molecule has 0 fully saturated rings. The lowest BCUT2D eigenvalue weighted by atomic mass is 9.83. The van der Waals surface area contributed by atoms with E-state index in [0.29, 0.717) is 5.92 Å². The van der Waals surface area contributed by atoms with Gasteiger partial charge in [-0.05, 0) is 42.5 Å². The maximum absolute atomic E-state index is 5.10. The van der Waals surface area contributed by atoms with Crippen LogP contribution in [0.1, 0.15) is 32.3 Å². The van der Waals surface area contributed by atoms with E-state index in [4.69, 9.17) is 4.74 Å². The van der Waals surface area contributed by atoms with Crippen molar-refractivity contribution in [3.63, 3.8) is 0 Å². The summed E-state index contributed by atoms with van der Waals surface area (Å²) in [7, 11) is 1.75. The summed E-state index contributed by atoms with van der Waals surface area (Å²) >= 11 is 3.50. The molecule has 1 aromatic carbocycles. The van der Waals surface area contributed by atoms with Gasteiger partial charge >= 0.3 is 0 Å². The highest BCUT2D eigenvalue weighted by molar-refractivity contribution is 9.10. The SMILES string of the molecule is CCC(CC)C(CNCCOC)Cc1ccc(Br)cc1. The van der Waals surface area contributed by atoms with Crippen molar-refractivity contribution in [2.75, 3.05) is 26.8 Å². The average Bonchev–Trinajstić information content (AvgIpc) is 2.46. The van der Waals surface area contributed by atoms with Crippen LogP contribution in [0.4, 0.5) is 0 Å². The molecule has 1 atom stereocenters. The highest BCUT2D eigenvalue weighted by Gasteiger charge is 2.18. The molecule has 20 heavy (non-hydrogen) atoms. The quantitative estimate of drug-likeness (QED) is 0.641. The van der Waals surface area contributed by atoms with Crippen LogP contribution in [0.2, 0.25) is 0 Å². The van der Waals surface area contributed by atoms with Crippen LogP contribution in [0, 0.1) is 11.8 Å². The molecule has 0 aromatic heterocycles. The summed E-state index contributed by atoms with van der Waals surface area (Å²) in [6.45, 7) is 7.41. The summed E-state index contributed by atoms with van der Waals surface area (Å²) < 4.78 is 6.25. The molecule has 0 aliphatic heterocycles. The van der Waals surface area contributed by atoms with Gasteiger partial charge in [0.1, 0.15) is 0 Å². The third kappa shape index (κ3) is 6.38. The highest BCUT2D eigenvalue weighted by Crippen LogP contribution is 2.24. The van der Waals surface area contributed by atoms with Crippen molar-refractivity contribution in [3.05, 3.63) is 34.3 Å². The molecule has 0 heterocycles. The van der Waals surface area contributed by atoms with Crippen molar-refractivity contribution in [2.45, 2.75) is 33.1 Å². The maximum atomic E-state index is 5.10. The summed E-state index contributed by atoms with van der Waals surface area (Å²) in [5, 5.41) is 3.53. The molecule has 0 bridgehead atoms. The van der Waals surface area contributed by atoms with Crippen molar-refractivity contribution < 1.29 is 4.74 Å². The number of hydrogen-bond acceptors (Lipinski definition) is 2. The first-order chi connectivity index (χ1) is 9.71. The Labute approximate surface area is 132 Å². The minimum atomic E-state index is 0.697. The van der Waals surface area contributed by atoms with E-state index in [-0.39, 0.29) is 0 Å². The van der Waals surface area contributed by atoms with Crippen LogP contribution in [0.5, 0.6) is 0 Å². The van der Waals surface area contributed by atoms with E-state index in [1.165, 1.54) is 18.4 Å². The second kappa shape index (κ2) is 10.4. The first-order valence-corrected chi connectivity index (χ1v) is 8.44. The van der Waals surface area contributed by atoms with E-state index in [1.807, 2.05) is 0 Å². The second-order valence-electron chi connectivity index (χ2n) is 5.36. The fraction of sp³-hybridized carbons (Fsp3) is 0.647. The summed E-state index contributed by atoms with van der Waals surface area (Å²) in [6, 6.07) is 8.73. The topological polar surface area (TPSA) is 21.3 Å². The first kappa shape index (κ1) is 17.7. The third-order valence-corrected chi connectivity index (χ3v) is 4.54. The molecule has 1 rings (SSSR count). The molecule has 0 aliphatic carbocycles. The molecule has 114 valence electrons. The molecular weight excluding hydrogens is 314 g/mol. The van der Waals surface area contributed by atoms with Gasteiger partial charge in [-0.25, -0.2) is 0 Å². The van der Waals surface area contributed by atoms with Crippen LogP contribution >= 0.6 is 15.9 Å². The van der Waals surface area contributed by atoms with Gasteiger partial charge in [-0.1, -0.05) is 54.8 Å². The lowest BCUT2D eigenvalue weighted by Gasteiger charge is -2.26. The lowest BCUT2D eigenvalue weighted by molar-refractivity contribution is 0.194. The molecule has 0 radical (unpaired) electrons. The zero-order valence-electron chi connectivity index (χ0n) is 13.0. The summed E-state index contributed by atoms with van der Waals surface area (Å²) in [6.07, 6.45) is 3.66. The Balaban J connectivity index is 2.58. The zero-order chi connectivity index (χ0) is 14.8. The molecule has 2 nitrogen and oxygen atoms in total. The third-order valence-electron chi connectivity index (χ3n) is 4.02. The van der Waals surface area contributed by atoms with Gasteiger partial charge in [0, 0.05) is 18.1 Å². The Kier molecular flexibility index (Phi) is 9.16. The van der Waals surface area contributed by atoms with E-state index < -0.39 is 0 Å². The molecule has 0 spiro atoms. The normalized spacial score (nSPS) is 12.8. The number of hydrogen-bond donors (Lipinski definition) is 1. The monoisotopic (exact) mass is 341 g/mol. The predicted molar refractivity (Wildman–Crippen MR) is 90.2 cm³/mol. The van der Waals surface area contributed by atoms with Gasteiger partial charge in [0.2, 0.25) is 0 Å². The Morgan fingerprint density at radius 2 is 1.75 bits per heavy atom. The average molecular weight is 342 g/mol. The number of halogens is 1. The number of nitrogens with one attached hydrogen (secondary N) is 1. The van der Waals surface area contributed by atoms with Gasteiger partial charge in [-0.2, -0.15) is 0 Å². The molecule has 3 heteroatoms. The Bertz CT molecular complexity index is 349. The molecule has 1 unspecified atom stereocenters.